The molecule has 0 radical (unpaired) electrons. The van der Waals surface area contributed by atoms with E-state index in [1.165, 1.54) is 0 Å². The van der Waals surface area contributed by atoms with Gasteiger partial charge in [-0.1, -0.05) is 24.3 Å². The first kappa shape index (κ1) is 16.5. The monoisotopic (exact) mass is 304 g/mol. The van der Waals surface area contributed by atoms with Gasteiger partial charge >= 0.3 is 0 Å². The van der Waals surface area contributed by atoms with Crippen LogP contribution < -0.4 is 5.32 Å². The van der Waals surface area contributed by atoms with Gasteiger partial charge in [0.25, 0.3) is 0 Å². The van der Waals surface area contributed by atoms with E-state index in [9.17, 15) is 9.59 Å². The summed E-state index contributed by atoms with van der Waals surface area (Å²) in [5, 5.41) is 2.99. The SMILES string of the molecule is COCc1ccccc1CNC(=O)[C@@H]1CCCN(C(C)=O)C1. The average molecular weight is 304 g/mol. The molecule has 1 aliphatic heterocycles. The van der Waals surface area contributed by atoms with Crippen LogP contribution in [0.3, 0.4) is 0 Å². The van der Waals surface area contributed by atoms with Gasteiger partial charge in [-0.05, 0) is 24.0 Å². The normalized spacial score (nSPS) is 18.1. The number of amides is 2. The van der Waals surface area contributed by atoms with Gasteiger partial charge in [0, 0.05) is 33.7 Å². The second-order valence-corrected chi connectivity index (χ2v) is 5.72. The lowest BCUT2D eigenvalue weighted by atomic mass is 9.97. The summed E-state index contributed by atoms with van der Waals surface area (Å²) in [7, 11) is 1.66. The highest BCUT2D eigenvalue weighted by molar-refractivity contribution is 5.80. The van der Waals surface area contributed by atoms with Gasteiger partial charge in [0.05, 0.1) is 12.5 Å². The molecule has 2 amide bonds. The highest BCUT2D eigenvalue weighted by Gasteiger charge is 2.26. The molecule has 0 bridgehead atoms. The second-order valence-electron chi connectivity index (χ2n) is 5.72. The summed E-state index contributed by atoms with van der Waals surface area (Å²) in [6.45, 7) is 3.88. The number of nitrogens with one attached hydrogen (secondary N) is 1. The topological polar surface area (TPSA) is 58.6 Å². The third kappa shape index (κ3) is 4.31. The molecule has 1 aliphatic rings. The van der Waals surface area contributed by atoms with E-state index in [4.69, 9.17) is 4.74 Å². The summed E-state index contributed by atoms with van der Waals surface area (Å²) >= 11 is 0. The van der Waals surface area contributed by atoms with Gasteiger partial charge in [-0.3, -0.25) is 9.59 Å². The van der Waals surface area contributed by atoms with Crippen LogP contribution in [0.4, 0.5) is 0 Å². The number of likely N-dealkylation sites (tertiary alicyclic amines) is 1. The summed E-state index contributed by atoms with van der Waals surface area (Å²) in [4.78, 5) is 25.5. The Morgan fingerprint density at radius 3 is 2.73 bits per heavy atom. The van der Waals surface area contributed by atoms with Crippen LogP contribution in [0.1, 0.15) is 30.9 Å². The number of benzene rings is 1. The van der Waals surface area contributed by atoms with Gasteiger partial charge in [-0.25, -0.2) is 0 Å². The quantitative estimate of drug-likeness (QED) is 0.901. The van der Waals surface area contributed by atoms with Crippen molar-refractivity contribution in [2.24, 2.45) is 5.92 Å². The summed E-state index contributed by atoms with van der Waals surface area (Å²) in [6.07, 6.45) is 1.73. The highest BCUT2D eigenvalue weighted by atomic mass is 16.5. The maximum atomic E-state index is 12.3. The molecule has 0 aromatic heterocycles. The molecule has 5 nitrogen and oxygen atoms in total. The Morgan fingerprint density at radius 2 is 2.05 bits per heavy atom. The van der Waals surface area contributed by atoms with E-state index in [1.54, 1.807) is 18.9 Å². The molecule has 0 saturated carbocycles. The number of ether oxygens (including phenoxy) is 1. The maximum Gasteiger partial charge on any atom is 0.225 e. The summed E-state index contributed by atoms with van der Waals surface area (Å²) < 4.78 is 5.18. The fourth-order valence-electron chi connectivity index (χ4n) is 2.83. The van der Waals surface area contributed by atoms with Crippen molar-refractivity contribution in [3.63, 3.8) is 0 Å². The molecule has 1 saturated heterocycles. The van der Waals surface area contributed by atoms with E-state index in [2.05, 4.69) is 5.32 Å². The van der Waals surface area contributed by atoms with Crippen LogP contribution in [0.5, 0.6) is 0 Å². The number of piperidine rings is 1. The molecule has 22 heavy (non-hydrogen) atoms. The van der Waals surface area contributed by atoms with Crippen molar-refractivity contribution in [1.82, 2.24) is 10.2 Å². The molecular weight excluding hydrogens is 280 g/mol. The molecular formula is C17H24N2O3. The Morgan fingerprint density at radius 1 is 1.32 bits per heavy atom. The van der Waals surface area contributed by atoms with E-state index in [-0.39, 0.29) is 17.7 Å². The van der Waals surface area contributed by atoms with Crippen LogP contribution in [0.15, 0.2) is 24.3 Å². The number of rotatable bonds is 5. The van der Waals surface area contributed by atoms with Gasteiger partial charge in [-0.15, -0.1) is 0 Å². The average Bonchev–Trinajstić information content (AvgIpc) is 2.54. The zero-order valence-electron chi connectivity index (χ0n) is 13.3. The van der Waals surface area contributed by atoms with Gasteiger partial charge in [0.1, 0.15) is 0 Å². The van der Waals surface area contributed by atoms with Crippen LogP contribution in [0, 0.1) is 5.92 Å². The van der Waals surface area contributed by atoms with Crippen LogP contribution in [-0.2, 0) is 27.5 Å². The van der Waals surface area contributed by atoms with Crippen LogP contribution in [-0.4, -0.2) is 36.9 Å². The summed E-state index contributed by atoms with van der Waals surface area (Å²) in [5.74, 6) is -0.0339. The maximum absolute atomic E-state index is 12.3. The lowest BCUT2D eigenvalue weighted by molar-refractivity contribution is -0.134. The number of hydrogen-bond acceptors (Lipinski definition) is 3. The molecule has 1 atom stereocenters. The van der Waals surface area contributed by atoms with Gasteiger partial charge < -0.3 is 15.0 Å². The molecule has 0 unspecified atom stereocenters. The summed E-state index contributed by atoms with van der Waals surface area (Å²) in [6, 6.07) is 7.92. The molecule has 0 spiro atoms. The minimum atomic E-state index is -0.104. The van der Waals surface area contributed by atoms with Gasteiger partial charge in [-0.2, -0.15) is 0 Å². The molecule has 2 rings (SSSR count). The van der Waals surface area contributed by atoms with E-state index in [1.807, 2.05) is 24.3 Å². The third-order valence-electron chi connectivity index (χ3n) is 4.11. The van der Waals surface area contributed by atoms with Crippen LogP contribution in [0.25, 0.3) is 0 Å². The minimum absolute atomic E-state index is 0.0261. The second kappa shape index (κ2) is 7.94. The van der Waals surface area contributed by atoms with Crippen molar-refractivity contribution in [3.05, 3.63) is 35.4 Å². The van der Waals surface area contributed by atoms with Gasteiger partial charge in [0.2, 0.25) is 11.8 Å². The summed E-state index contributed by atoms with van der Waals surface area (Å²) in [5.41, 5.74) is 2.15. The Kier molecular flexibility index (Phi) is 5.95. The highest BCUT2D eigenvalue weighted by Crippen LogP contribution is 2.17. The number of nitrogens with zero attached hydrogens (tertiary/aromatic N) is 1. The Balaban J connectivity index is 1.91. The van der Waals surface area contributed by atoms with Crippen LogP contribution in [0.2, 0.25) is 0 Å². The first-order valence-electron chi connectivity index (χ1n) is 7.70. The minimum Gasteiger partial charge on any atom is -0.380 e. The van der Waals surface area contributed by atoms with E-state index in [0.29, 0.717) is 19.7 Å². The van der Waals surface area contributed by atoms with Crippen molar-refractivity contribution in [1.29, 1.82) is 0 Å². The third-order valence-corrected chi connectivity index (χ3v) is 4.11. The zero-order valence-corrected chi connectivity index (χ0v) is 13.3. The first-order chi connectivity index (χ1) is 10.6. The molecule has 120 valence electrons. The first-order valence-corrected chi connectivity index (χ1v) is 7.70. The van der Waals surface area contributed by atoms with E-state index < -0.39 is 0 Å². The number of carbonyl (C=O) groups is 2. The molecule has 0 aliphatic carbocycles. The Bertz CT molecular complexity index is 530. The molecule has 5 heteroatoms. The van der Waals surface area contributed by atoms with E-state index >= 15 is 0 Å². The largest absolute Gasteiger partial charge is 0.380 e. The standard InChI is InChI=1S/C17H24N2O3/c1-13(20)19-9-5-8-15(11-19)17(21)18-10-14-6-3-4-7-16(14)12-22-2/h3-4,6-7,15H,5,8-12H2,1-2H3,(H,18,21)/t15-/m1/s1. The fourth-order valence-corrected chi connectivity index (χ4v) is 2.83. The molecule has 1 N–H and O–H groups in total. The lowest BCUT2D eigenvalue weighted by Crippen LogP contribution is -2.44. The lowest BCUT2D eigenvalue weighted by Gasteiger charge is -2.31. The number of carbonyl (C=O) groups excluding carboxylic acids is 2. The Hall–Kier alpha value is -1.88. The van der Waals surface area contributed by atoms with Gasteiger partial charge in [0.15, 0.2) is 0 Å². The predicted octanol–water partition coefficient (Wildman–Crippen LogP) is 1.71. The van der Waals surface area contributed by atoms with Crippen LogP contribution >= 0.6 is 0 Å². The predicted molar refractivity (Wildman–Crippen MR) is 84.0 cm³/mol. The zero-order chi connectivity index (χ0) is 15.9. The number of methoxy groups -OCH3 is 1. The van der Waals surface area contributed by atoms with E-state index in [0.717, 1.165) is 30.5 Å². The van der Waals surface area contributed by atoms with Crippen molar-refractivity contribution in [2.45, 2.75) is 32.9 Å². The molecule has 1 fully saturated rings. The van der Waals surface area contributed by atoms with Crippen molar-refractivity contribution < 1.29 is 14.3 Å². The van der Waals surface area contributed by atoms with Crippen molar-refractivity contribution in [3.8, 4) is 0 Å². The fraction of sp³-hybridized carbons (Fsp3) is 0.529. The molecule has 1 aromatic rings. The smallest absolute Gasteiger partial charge is 0.225 e. The van der Waals surface area contributed by atoms with Crippen molar-refractivity contribution in [2.75, 3.05) is 20.2 Å². The molecule has 1 heterocycles. The number of hydrogen-bond donors (Lipinski definition) is 1. The van der Waals surface area contributed by atoms with Crippen molar-refractivity contribution >= 4 is 11.8 Å². The molecule has 1 aromatic carbocycles. The Labute approximate surface area is 131 Å².